The second kappa shape index (κ2) is 5.88. The van der Waals surface area contributed by atoms with Crippen LogP contribution in [0.15, 0.2) is 30.7 Å². The van der Waals surface area contributed by atoms with Crippen LogP contribution in [-0.2, 0) is 13.1 Å². The van der Waals surface area contributed by atoms with Gasteiger partial charge in [-0.2, -0.15) is 0 Å². The van der Waals surface area contributed by atoms with Gasteiger partial charge in [0.25, 0.3) is 0 Å². The van der Waals surface area contributed by atoms with Crippen LogP contribution in [0.1, 0.15) is 37.2 Å². The minimum atomic E-state index is 0.370. The van der Waals surface area contributed by atoms with Gasteiger partial charge in [-0.15, -0.1) is 10.2 Å². The first-order chi connectivity index (χ1) is 10.6. The average Bonchev–Trinajstić information content (AvgIpc) is 3.05. The Balaban J connectivity index is 1.79. The number of fused-ring (bicyclic) bond motifs is 1. The van der Waals surface area contributed by atoms with Gasteiger partial charge in [0.1, 0.15) is 18.0 Å². The lowest BCUT2D eigenvalue weighted by molar-refractivity contribution is 0.300. The fourth-order valence-electron chi connectivity index (χ4n) is 2.75. The van der Waals surface area contributed by atoms with Crippen LogP contribution in [-0.4, -0.2) is 36.1 Å². The van der Waals surface area contributed by atoms with Gasteiger partial charge in [0.15, 0.2) is 0 Å². The number of rotatable bonds is 5. The number of imidazole rings is 1. The molecular weight excluding hydrogens is 276 g/mol. The van der Waals surface area contributed by atoms with Crippen LogP contribution in [0, 0.1) is 6.92 Å². The third-order valence-corrected chi connectivity index (χ3v) is 3.84. The first-order valence-corrected chi connectivity index (χ1v) is 7.55. The van der Waals surface area contributed by atoms with Gasteiger partial charge in [-0.05, 0) is 40.0 Å². The fraction of sp³-hybridized carbons (Fsp3) is 0.438. The summed E-state index contributed by atoms with van der Waals surface area (Å²) >= 11 is 0. The first kappa shape index (κ1) is 14.7. The molecule has 0 radical (unpaired) electrons. The smallest absolute Gasteiger partial charge is 0.147 e. The van der Waals surface area contributed by atoms with Gasteiger partial charge in [-0.25, -0.2) is 4.98 Å². The maximum atomic E-state index is 4.70. The molecule has 0 saturated carbocycles. The van der Waals surface area contributed by atoms with E-state index in [0.29, 0.717) is 6.04 Å². The standard InChI is InChI=1S/C16H22N6/c1-12(2)22-11-17-19-16(22)10-20(4)9-14-15-7-5-6-8-21(15)13(3)18-14/h5-8,11-12H,9-10H2,1-4H3. The van der Waals surface area contributed by atoms with E-state index in [1.54, 1.807) is 6.33 Å². The molecule has 0 aliphatic heterocycles. The van der Waals surface area contributed by atoms with Gasteiger partial charge in [0.2, 0.25) is 0 Å². The molecule has 6 nitrogen and oxygen atoms in total. The highest BCUT2D eigenvalue weighted by atomic mass is 15.3. The van der Waals surface area contributed by atoms with E-state index < -0.39 is 0 Å². The molecule has 3 aromatic heterocycles. The number of aromatic nitrogens is 5. The van der Waals surface area contributed by atoms with Crippen LogP contribution in [0.4, 0.5) is 0 Å². The summed E-state index contributed by atoms with van der Waals surface area (Å²) in [6, 6.07) is 6.56. The summed E-state index contributed by atoms with van der Waals surface area (Å²) < 4.78 is 4.23. The van der Waals surface area contributed by atoms with Crippen molar-refractivity contribution in [2.75, 3.05) is 7.05 Å². The summed E-state index contributed by atoms with van der Waals surface area (Å²) in [5, 5.41) is 8.26. The summed E-state index contributed by atoms with van der Waals surface area (Å²) in [6.45, 7) is 7.85. The summed E-state index contributed by atoms with van der Waals surface area (Å²) in [5.74, 6) is 2.00. The van der Waals surface area contributed by atoms with Crippen LogP contribution in [0.5, 0.6) is 0 Å². The Hall–Kier alpha value is -2.21. The molecule has 0 bridgehead atoms. The molecule has 3 heterocycles. The van der Waals surface area contributed by atoms with Crippen molar-refractivity contribution in [2.45, 2.75) is 39.9 Å². The van der Waals surface area contributed by atoms with E-state index >= 15 is 0 Å². The molecule has 0 N–H and O–H groups in total. The zero-order valence-electron chi connectivity index (χ0n) is 13.6. The van der Waals surface area contributed by atoms with E-state index in [1.807, 2.05) is 13.0 Å². The highest BCUT2D eigenvalue weighted by molar-refractivity contribution is 5.52. The summed E-state index contributed by atoms with van der Waals surface area (Å²) in [5.41, 5.74) is 2.26. The zero-order valence-corrected chi connectivity index (χ0v) is 13.6. The summed E-state index contributed by atoms with van der Waals surface area (Å²) in [4.78, 5) is 6.91. The molecule has 3 aromatic rings. The van der Waals surface area contributed by atoms with Gasteiger partial charge in [0.05, 0.1) is 17.8 Å². The van der Waals surface area contributed by atoms with Crippen molar-refractivity contribution in [3.8, 4) is 0 Å². The zero-order chi connectivity index (χ0) is 15.7. The highest BCUT2D eigenvalue weighted by Gasteiger charge is 2.13. The predicted molar refractivity (Wildman–Crippen MR) is 85.5 cm³/mol. The first-order valence-electron chi connectivity index (χ1n) is 7.55. The maximum Gasteiger partial charge on any atom is 0.147 e. The normalized spacial score (nSPS) is 11.9. The predicted octanol–water partition coefficient (Wildman–Crippen LogP) is 2.45. The number of pyridine rings is 1. The van der Waals surface area contributed by atoms with Crippen molar-refractivity contribution in [2.24, 2.45) is 0 Å². The largest absolute Gasteiger partial charge is 0.314 e. The Kier molecular flexibility index (Phi) is 3.94. The second-order valence-corrected chi connectivity index (χ2v) is 5.98. The Labute approximate surface area is 130 Å². The topological polar surface area (TPSA) is 51.2 Å². The van der Waals surface area contributed by atoms with Crippen LogP contribution in [0.25, 0.3) is 5.52 Å². The molecule has 0 unspecified atom stereocenters. The Morgan fingerprint density at radius 2 is 2.05 bits per heavy atom. The highest BCUT2D eigenvalue weighted by Crippen LogP contribution is 2.15. The maximum absolute atomic E-state index is 4.70. The van der Waals surface area contributed by atoms with E-state index in [4.69, 9.17) is 4.98 Å². The molecule has 0 amide bonds. The lowest BCUT2D eigenvalue weighted by Crippen LogP contribution is -2.21. The molecule has 116 valence electrons. The molecule has 3 rings (SSSR count). The molecule has 0 aliphatic rings. The van der Waals surface area contributed by atoms with Crippen molar-refractivity contribution in [1.29, 1.82) is 0 Å². The molecule has 0 spiro atoms. The minimum absolute atomic E-state index is 0.370. The third-order valence-electron chi connectivity index (χ3n) is 3.84. The van der Waals surface area contributed by atoms with Crippen molar-refractivity contribution in [3.05, 3.63) is 48.1 Å². The number of hydrogen-bond donors (Lipinski definition) is 0. The Morgan fingerprint density at radius 3 is 2.82 bits per heavy atom. The van der Waals surface area contributed by atoms with Gasteiger partial charge >= 0.3 is 0 Å². The second-order valence-electron chi connectivity index (χ2n) is 5.98. The average molecular weight is 298 g/mol. The quantitative estimate of drug-likeness (QED) is 0.726. The van der Waals surface area contributed by atoms with Gasteiger partial charge in [-0.1, -0.05) is 6.07 Å². The summed E-state index contributed by atoms with van der Waals surface area (Å²) in [6.07, 6.45) is 3.85. The molecule has 0 atom stereocenters. The van der Waals surface area contributed by atoms with E-state index in [-0.39, 0.29) is 0 Å². The Bertz CT molecular complexity index is 770. The van der Waals surface area contributed by atoms with Gasteiger partial charge in [-0.3, -0.25) is 4.90 Å². The van der Waals surface area contributed by atoms with E-state index in [0.717, 1.165) is 35.9 Å². The van der Waals surface area contributed by atoms with Crippen LogP contribution >= 0.6 is 0 Å². The summed E-state index contributed by atoms with van der Waals surface area (Å²) in [7, 11) is 2.09. The lowest BCUT2D eigenvalue weighted by atomic mass is 10.3. The van der Waals surface area contributed by atoms with Crippen molar-refractivity contribution >= 4 is 5.52 Å². The molecule has 0 aromatic carbocycles. The minimum Gasteiger partial charge on any atom is -0.314 e. The molecule has 0 saturated heterocycles. The number of aryl methyl sites for hydroxylation is 1. The van der Waals surface area contributed by atoms with Crippen LogP contribution in [0.2, 0.25) is 0 Å². The SMILES string of the molecule is Cc1nc(CN(C)Cc2nncn2C(C)C)c2ccccn12. The monoisotopic (exact) mass is 298 g/mol. The molecule has 6 heteroatoms. The van der Waals surface area contributed by atoms with E-state index in [9.17, 15) is 0 Å². The number of hydrogen-bond acceptors (Lipinski definition) is 4. The van der Waals surface area contributed by atoms with E-state index in [2.05, 4.69) is 63.3 Å². The number of nitrogens with zero attached hydrogens (tertiary/aromatic N) is 6. The lowest BCUT2D eigenvalue weighted by Gasteiger charge is -2.17. The Morgan fingerprint density at radius 1 is 1.23 bits per heavy atom. The van der Waals surface area contributed by atoms with Crippen molar-refractivity contribution < 1.29 is 0 Å². The molecular formula is C16H22N6. The van der Waals surface area contributed by atoms with Crippen LogP contribution in [0.3, 0.4) is 0 Å². The molecule has 0 aliphatic carbocycles. The molecule has 0 fully saturated rings. The van der Waals surface area contributed by atoms with E-state index in [1.165, 1.54) is 0 Å². The third kappa shape index (κ3) is 2.74. The fourth-order valence-corrected chi connectivity index (χ4v) is 2.75. The van der Waals surface area contributed by atoms with Crippen molar-refractivity contribution in [1.82, 2.24) is 29.0 Å². The van der Waals surface area contributed by atoms with Crippen LogP contribution < -0.4 is 0 Å². The van der Waals surface area contributed by atoms with Gasteiger partial charge < -0.3 is 8.97 Å². The van der Waals surface area contributed by atoms with Gasteiger partial charge in [0, 0.05) is 18.8 Å². The molecule has 22 heavy (non-hydrogen) atoms. The van der Waals surface area contributed by atoms with Crippen molar-refractivity contribution in [3.63, 3.8) is 0 Å².